The van der Waals surface area contributed by atoms with Crippen LogP contribution in [0.4, 0.5) is 0 Å². The van der Waals surface area contributed by atoms with E-state index in [4.69, 9.17) is 10.2 Å². The number of unbranched alkanes of at least 4 members (excludes halogenated alkanes) is 14. The maximum absolute atomic E-state index is 11.0. The van der Waals surface area contributed by atoms with E-state index in [0.29, 0.717) is 6.42 Å². The SMILES string of the molecule is CCCCCCCCCCCCCCCCCC(C(=O)O)C(O)C(=O)O. The van der Waals surface area contributed by atoms with E-state index < -0.39 is 24.0 Å². The molecule has 0 heterocycles. The van der Waals surface area contributed by atoms with Gasteiger partial charge < -0.3 is 15.3 Å². The summed E-state index contributed by atoms with van der Waals surface area (Å²) in [5, 5.41) is 27.1. The van der Waals surface area contributed by atoms with Gasteiger partial charge in [-0.05, 0) is 6.42 Å². The number of aliphatic carboxylic acids is 2. The van der Waals surface area contributed by atoms with E-state index in [9.17, 15) is 14.7 Å². The zero-order chi connectivity index (χ0) is 19.6. The monoisotopic (exact) mass is 372 g/mol. The fourth-order valence-corrected chi connectivity index (χ4v) is 3.32. The Morgan fingerprint density at radius 1 is 0.615 bits per heavy atom. The molecule has 5 nitrogen and oxygen atoms in total. The van der Waals surface area contributed by atoms with Gasteiger partial charge in [0.1, 0.15) is 0 Å². The van der Waals surface area contributed by atoms with Crippen LogP contribution in [0.3, 0.4) is 0 Å². The summed E-state index contributed by atoms with van der Waals surface area (Å²) in [6.07, 6.45) is 16.9. The maximum atomic E-state index is 11.0. The van der Waals surface area contributed by atoms with Crippen molar-refractivity contribution in [2.75, 3.05) is 0 Å². The third kappa shape index (κ3) is 14.1. The molecule has 0 aliphatic rings. The molecule has 0 fully saturated rings. The van der Waals surface area contributed by atoms with Gasteiger partial charge in [-0.2, -0.15) is 0 Å². The van der Waals surface area contributed by atoms with Gasteiger partial charge in [-0.15, -0.1) is 0 Å². The Hall–Kier alpha value is -1.10. The van der Waals surface area contributed by atoms with Crippen LogP contribution in [0.2, 0.25) is 0 Å². The van der Waals surface area contributed by atoms with Crippen LogP contribution in [0.15, 0.2) is 0 Å². The normalized spacial score (nSPS) is 13.5. The fourth-order valence-electron chi connectivity index (χ4n) is 3.32. The molecular weight excluding hydrogens is 332 g/mol. The average molecular weight is 373 g/mol. The minimum atomic E-state index is -1.81. The predicted octanol–water partition coefficient (Wildman–Crippen LogP) is 5.39. The number of hydrogen-bond donors (Lipinski definition) is 3. The summed E-state index contributed by atoms with van der Waals surface area (Å²) in [5.74, 6) is -3.89. The number of carbonyl (C=O) groups is 2. The van der Waals surface area contributed by atoms with Gasteiger partial charge in [0.15, 0.2) is 6.10 Å². The van der Waals surface area contributed by atoms with Crippen molar-refractivity contribution >= 4 is 11.9 Å². The van der Waals surface area contributed by atoms with Crippen LogP contribution >= 0.6 is 0 Å². The summed E-state index contributed by atoms with van der Waals surface area (Å²) in [7, 11) is 0. The minimum Gasteiger partial charge on any atom is -0.481 e. The van der Waals surface area contributed by atoms with E-state index in [1.807, 2.05) is 0 Å². The van der Waals surface area contributed by atoms with Crippen LogP contribution < -0.4 is 0 Å². The molecule has 2 unspecified atom stereocenters. The van der Waals surface area contributed by atoms with Crippen molar-refractivity contribution < 1.29 is 24.9 Å². The standard InChI is InChI=1S/C21H40O5/c1-2-3-4-5-6-7-8-9-10-11-12-13-14-15-16-17-18(20(23)24)19(22)21(25)26/h18-19,22H,2-17H2,1H3,(H,23,24)(H,25,26). The van der Waals surface area contributed by atoms with Gasteiger partial charge in [0.25, 0.3) is 0 Å². The van der Waals surface area contributed by atoms with Crippen molar-refractivity contribution in [3.05, 3.63) is 0 Å². The number of hydrogen-bond acceptors (Lipinski definition) is 3. The second kappa shape index (κ2) is 17.3. The summed E-state index contributed by atoms with van der Waals surface area (Å²) in [6.45, 7) is 2.25. The summed E-state index contributed by atoms with van der Waals surface area (Å²) < 4.78 is 0. The number of aliphatic hydroxyl groups excluding tert-OH is 1. The number of carboxylic acid groups (broad SMARTS) is 2. The zero-order valence-electron chi connectivity index (χ0n) is 16.6. The molecule has 0 aromatic carbocycles. The topological polar surface area (TPSA) is 94.8 Å². The summed E-state index contributed by atoms with van der Waals surface area (Å²) in [4.78, 5) is 21.7. The molecule has 0 saturated heterocycles. The van der Waals surface area contributed by atoms with E-state index >= 15 is 0 Å². The van der Waals surface area contributed by atoms with Gasteiger partial charge in [0, 0.05) is 0 Å². The molecule has 0 rings (SSSR count). The fraction of sp³-hybridized carbons (Fsp3) is 0.905. The van der Waals surface area contributed by atoms with Crippen molar-refractivity contribution in [3.63, 3.8) is 0 Å². The van der Waals surface area contributed by atoms with Crippen LogP contribution in [0.25, 0.3) is 0 Å². The lowest BCUT2D eigenvalue weighted by Gasteiger charge is -2.15. The molecule has 0 radical (unpaired) electrons. The van der Waals surface area contributed by atoms with E-state index in [1.54, 1.807) is 0 Å². The molecule has 2 atom stereocenters. The Labute approximate surface area is 159 Å². The zero-order valence-corrected chi connectivity index (χ0v) is 16.6. The van der Waals surface area contributed by atoms with Crippen LogP contribution in [0.1, 0.15) is 110 Å². The van der Waals surface area contributed by atoms with Gasteiger partial charge in [-0.25, -0.2) is 4.79 Å². The smallest absolute Gasteiger partial charge is 0.333 e. The second-order valence-corrected chi connectivity index (χ2v) is 7.47. The number of aliphatic hydroxyl groups is 1. The predicted molar refractivity (Wildman–Crippen MR) is 104 cm³/mol. The van der Waals surface area contributed by atoms with Gasteiger partial charge in [0.2, 0.25) is 0 Å². The molecule has 0 aromatic heterocycles. The third-order valence-corrected chi connectivity index (χ3v) is 5.07. The van der Waals surface area contributed by atoms with Crippen LogP contribution in [0, 0.1) is 5.92 Å². The highest BCUT2D eigenvalue weighted by Crippen LogP contribution is 2.17. The molecule has 0 aromatic rings. The van der Waals surface area contributed by atoms with Crippen molar-refractivity contribution in [3.8, 4) is 0 Å². The molecule has 0 bridgehead atoms. The largest absolute Gasteiger partial charge is 0.481 e. The van der Waals surface area contributed by atoms with Crippen molar-refractivity contribution in [2.45, 2.75) is 116 Å². The van der Waals surface area contributed by atoms with Crippen LogP contribution in [0.5, 0.6) is 0 Å². The van der Waals surface area contributed by atoms with E-state index in [0.717, 1.165) is 19.3 Å². The highest BCUT2D eigenvalue weighted by atomic mass is 16.4. The second-order valence-electron chi connectivity index (χ2n) is 7.47. The molecule has 26 heavy (non-hydrogen) atoms. The molecule has 0 spiro atoms. The van der Waals surface area contributed by atoms with Gasteiger partial charge in [-0.1, -0.05) is 103 Å². The molecule has 5 heteroatoms. The summed E-state index contributed by atoms with van der Waals surface area (Å²) >= 11 is 0. The highest BCUT2D eigenvalue weighted by molar-refractivity contribution is 5.81. The molecule has 3 N–H and O–H groups in total. The Morgan fingerprint density at radius 2 is 0.962 bits per heavy atom. The van der Waals surface area contributed by atoms with Crippen LogP contribution in [-0.2, 0) is 9.59 Å². The van der Waals surface area contributed by atoms with E-state index in [-0.39, 0.29) is 6.42 Å². The van der Waals surface area contributed by atoms with Crippen LogP contribution in [-0.4, -0.2) is 33.4 Å². The molecule has 0 amide bonds. The first-order valence-corrected chi connectivity index (χ1v) is 10.6. The molecule has 0 saturated carbocycles. The Kier molecular flexibility index (Phi) is 16.6. The first-order chi connectivity index (χ1) is 12.5. The Morgan fingerprint density at radius 3 is 1.27 bits per heavy atom. The molecule has 0 aliphatic carbocycles. The molecule has 154 valence electrons. The third-order valence-electron chi connectivity index (χ3n) is 5.07. The Balaban J connectivity index is 3.40. The lowest BCUT2D eigenvalue weighted by atomic mass is 9.95. The van der Waals surface area contributed by atoms with E-state index in [2.05, 4.69) is 6.92 Å². The van der Waals surface area contributed by atoms with Crippen molar-refractivity contribution in [1.82, 2.24) is 0 Å². The molecule has 0 aliphatic heterocycles. The van der Waals surface area contributed by atoms with E-state index in [1.165, 1.54) is 70.6 Å². The Bertz CT molecular complexity index is 356. The highest BCUT2D eigenvalue weighted by Gasteiger charge is 2.31. The van der Waals surface area contributed by atoms with Gasteiger partial charge in [-0.3, -0.25) is 4.79 Å². The van der Waals surface area contributed by atoms with Gasteiger partial charge >= 0.3 is 11.9 Å². The summed E-state index contributed by atoms with van der Waals surface area (Å²) in [5.41, 5.74) is 0. The minimum absolute atomic E-state index is 0.223. The quantitative estimate of drug-likeness (QED) is 0.264. The van der Waals surface area contributed by atoms with Crippen molar-refractivity contribution in [2.24, 2.45) is 5.92 Å². The lowest BCUT2D eigenvalue weighted by Crippen LogP contribution is -2.34. The first-order valence-electron chi connectivity index (χ1n) is 10.6. The number of rotatable bonds is 19. The van der Waals surface area contributed by atoms with Crippen molar-refractivity contribution in [1.29, 1.82) is 0 Å². The summed E-state index contributed by atoms with van der Waals surface area (Å²) in [6, 6.07) is 0. The van der Waals surface area contributed by atoms with Gasteiger partial charge in [0.05, 0.1) is 5.92 Å². The number of carboxylic acids is 2. The lowest BCUT2D eigenvalue weighted by molar-refractivity contribution is -0.159. The molecular formula is C21H40O5. The maximum Gasteiger partial charge on any atom is 0.333 e. The first kappa shape index (κ1) is 24.9. The average Bonchev–Trinajstić information content (AvgIpc) is 2.60.